The second-order valence-electron chi connectivity index (χ2n) is 7.46. The Morgan fingerprint density at radius 3 is 2.78 bits per heavy atom. The molecule has 3 N–H and O–H groups in total. The largest absolute Gasteiger partial charge is 0.494 e. The van der Waals surface area contributed by atoms with Gasteiger partial charge >= 0.3 is 0 Å². The molecule has 0 amide bonds. The maximum Gasteiger partial charge on any atom is 0.252 e. The van der Waals surface area contributed by atoms with E-state index in [-0.39, 0.29) is 22.9 Å². The lowest BCUT2D eigenvalue weighted by Crippen LogP contribution is -2.47. The van der Waals surface area contributed by atoms with Crippen LogP contribution in [0.4, 0.5) is 10.1 Å². The summed E-state index contributed by atoms with van der Waals surface area (Å²) in [6.07, 6.45) is 0. The van der Waals surface area contributed by atoms with Crippen molar-refractivity contribution >= 4 is 38.0 Å². The molecule has 1 aromatic heterocycles. The van der Waals surface area contributed by atoms with Gasteiger partial charge < -0.3 is 20.2 Å². The van der Waals surface area contributed by atoms with Crippen LogP contribution in [0.5, 0.6) is 5.88 Å². The Morgan fingerprint density at radius 2 is 1.97 bits per heavy atom. The Hall–Kier alpha value is -3.28. The number of para-hydroxylation sites is 1. The number of aromatic amines is 1. The van der Waals surface area contributed by atoms with Gasteiger partial charge in [-0.3, -0.25) is 0 Å². The van der Waals surface area contributed by atoms with E-state index in [0.29, 0.717) is 48.3 Å². The molecule has 1 saturated heterocycles. The number of hydrogen-bond acceptors (Lipinski definition) is 7. The Morgan fingerprint density at radius 1 is 1.19 bits per heavy atom. The lowest BCUT2D eigenvalue weighted by atomic mass is 10.0. The fraction of sp³-hybridized carbons (Fsp3) is 0.238. The maximum atomic E-state index is 13.9. The molecule has 2 aliphatic rings. The normalized spacial score (nSPS) is 18.2. The molecule has 0 unspecified atom stereocenters. The highest BCUT2D eigenvalue weighted by Gasteiger charge is 2.30. The van der Waals surface area contributed by atoms with Crippen LogP contribution >= 0.6 is 0 Å². The molecule has 3 heterocycles. The highest BCUT2D eigenvalue weighted by Crippen LogP contribution is 2.35. The number of piperazine rings is 1. The Bertz CT molecular complexity index is 1360. The van der Waals surface area contributed by atoms with Gasteiger partial charge in [0.05, 0.1) is 11.3 Å². The van der Waals surface area contributed by atoms with E-state index in [9.17, 15) is 17.9 Å². The van der Waals surface area contributed by atoms with Gasteiger partial charge in [-0.2, -0.15) is 4.31 Å². The molecule has 0 radical (unpaired) electrons. The molecule has 32 heavy (non-hydrogen) atoms. The van der Waals surface area contributed by atoms with Crippen LogP contribution in [0.2, 0.25) is 0 Å². The van der Waals surface area contributed by atoms with Crippen molar-refractivity contribution < 1.29 is 22.8 Å². The third-order valence-electron chi connectivity index (χ3n) is 5.42. The van der Waals surface area contributed by atoms with Gasteiger partial charge in [0.1, 0.15) is 17.2 Å². The fourth-order valence-corrected chi connectivity index (χ4v) is 4.96. The average Bonchev–Trinajstić information content (AvgIpc) is 3.30. The zero-order valence-electron chi connectivity index (χ0n) is 16.9. The summed E-state index contributed by atoms with van der Waals surface area (Å²) in [7, 11) is -3.65. The average molecular weight is 457 g/mol. The van der Waals surface area contributed by atoms with Crippen LogP contribution in [0.15, 0.2) is 52.6 Å². The summed E-state index contributed by atoms with van der Waals surface area (Å²) in [5.41, 5.74) is 2.52. The van der Waals surface area contributed by atoms with Gasteiger partial charge in [-0.15, -0.1) is 0 Å². The Labute approximate surface area is 183 Å². The molecule has 5 rings (SSSR count). The molecule has 1 fully saturated rings. The van der Waals surface area contributed by atoms with Crippen LogP contribution in [0.25, 0.3) is 10.9 Å². The number of nitrogens with one attached hydrogen (secondary N) is 2. The van der Waals surface area contributed by atoms with Crippen molar-refractivity contribution in [2.24, 2.45) is 10.1 Å². The molecule has 0 bridgehead atoms. The number of sulfonamides is 1. The number of halogens is 1. The summed E-state index contributed by atoms with van der Waals surface area (Å²) in [4.78, 5) is 12.6. The zero-order chi connectivity index (χ0) is 22.3. The topological polar surface area (TPSA) is 119 Å². The number of nitrogens with zero attached hydrogens (tertiary/aromatic N) is 3. The minimum atomic E-state index is -3.65. The number of aromatic hydroxyl groups is 1. The monoisotopic (exact) mass is 457 g/mol. The molecule has 9 nitrogen and oxygen atoms in total. The molecular formula is C21H20FN5O4S. The molecule has 3 aromatic rings. The highest BCUT2D eigenvalue weighted by atomic mass is 32.2. The standard InChI is InChI=1S/C21H20FN5O4S/c22-13-5-6-17-15(11-13)18(21(28)25-17)20-19(14-3-1-2-4-16(14)24-20)26-31-12-32(29,30)27-9-7-23-8-10-27/h1-6,11,23,25,28H,7-10,12H2/b26-19+. The van der Waals surface area contributed by atoms with Crippen molar-refractivity contribution in [1.82, 2.24) is 14.6 Å². The van der Waals surface area contributed by atoms with Crippen LogP contribution in [0, 0.1) is 5.82 Å². The first kappa shape index (κ1) is 20.6. The van der Waals surface area contributed by atoms with Crippen molar-refractivity contribution in [2.75, 3.05) is 32.1 Å². The summed E-state index contributed by atoms with van der Waals surface area (Å²) in [6.45, 7) is 1.89. The molecule has 2 aromatic carbocycles. The molecular weight excluding hydrogens is 437 g/mol. The molecule has 0 aliphatic carbocycles. The smallest absolute Gasteiger partial charge is 0.252 e. The van der Waals surface area contributed by atoms with E-state index in [4.69, 9.17) is 4.84 Å². The molecule has 11 heteroatoms. The summed E-state index contributed by atoms with van der Waals surface area (Å²) < 4.78 is 40.4. The third-order valence-corrected chi connectivity index (χ3v) is 6.98. The molecule has 166 valence electrons. The first-order valence-electron chi connectivity index (χ1n) is 10.0. The van der Waals surface area contributed by atoms with E-state index in [2.05, 4.69) is 20.4 Å². The molecule has 0 atom stereocenters. The van der Waals surface area contributed by atoms with Crippen molar-refractivity contribution in [1.29, 1.82) is 0 Å². The van der Waals surface area contributed by atoms with Gasteiger partial charge in [0.15, 0.2) is 5.88 Å². The number of H-pyrrole nitrogens is 1. The minimum Gasteiger partial charge on any atom is -0.494 e. The van der Waals surface area contributed by atoms with Gasteiger partial charge in [0, 0.05) is 42.6 Å². The number of rotatable bonds is 5. The SMILES string of the molecule is O=S(=O)(CO/N=C1/C(c2c(O)[nH]c3ccc(F)cc23)=Nc2ccccc21)N1CCNCC1. The van der Waals surface area contributed by atoms with E-state index in [0.717, 1.165) is 0 Å². The Balaban J connectivity index is 1.51. The summed E-state index contributed by atoms with van der Waals surface area (Å²) in [5.74, 6) is -1.29. The lowest BCUT2D eigenvalue weighted by molar-refractivity contribution is 0.183. The number of aromatic nitrogens is 1. The van der Waals surface area contributed by atoms with E-state index in [1.807, 2.05) is 0 Å². The summed E-state index contributed by atoms with van der Waals surface area (Å²) in [6, 6.07) is 11.2. The zero-order valence-corrected chi connectivity index (χ0v) is 17.7. The molecule has 0 spiro atoms. The van der Waals surface area contributed by atoms with Crippen LogP contribution < -0.4 is 5.32 Å². The van der Waals surface area contributed by atoms with Crippen LogP contribution in [-0.2, 0) is 14.9 Å². The van der Waals surface area contributed by atoms with E-state index < -0.39 is 21.8 Å². The molecule has 2 aliphatic heterocycles. The summed E-state index contributed by atoms with van der Waals surface area (Å²) in [5, 5.41) is 18.2. The van der Waals surface area contributed by atoms with Crippen molar-refractivity contribution in [3.8, 4) is 5.88 Å². The van der Waals surface area contributed by atoms with Crippen LogP contribution in [-0.4, -0.2) is 66.4 Å². The third kappa shape index (κ3) is 3.64. The number of aliphatic imine (C=N–C) groups is 1. The van der Waals surface area contributed by atoms with Gasteiger partial charge in [0.2, 0.25) is 5.94 Å². The first-order valence-corrected chi connectivity index (χ1v) is 11.6. The number of oxime groups is 1. The highest BCUT2D eigenvalue weighted by molar-refractivity contribution is 7.88. The minimum absolute atomic E-state index is 0.196. The van der Waals surface area contributed by atoms with Crippen molar-refractivity contribution in [2.45, 2.75) is 0 Å². The van der Waals surface area contributed by atoms with E-state index >= 15 is 0 Å². The number of hydrogen-bond donors (Lipinski definition) is 3. The van der Waals surface area contributed by atoms with Crippen LogP contribution in [0.1, 0.15) is 11.1 Å². The second kappa shape index (κ2) is 8.01. The lowest BCUT2D eigenvalue weighted by Gasteiger charge is -2.25. The van der Waals surface area contributed by atoms with Crippen molar-refractivity contribution in [3.63, 3.8) is 0 Å². The van der Waals surface area contributed by atoms with E-state index in [1.165, 1.54) is 22.5 Å². The fourth-order valence-electron chi connectivity index (χ4n) is 3.88. The number of fused-ring (bicyclic) bond motifs is 2. The molecule has 0 saturated carbocycles. The predicted molar refractivity (Wildman–Crippen MR) is 118 cm³/mol. The van der Waals surface area contributed by atoms with Gasteiger partial charge in [-0.05, 0) is 24.3 Å². The van der Waals surface area contributed by atoms with Gasteiger partial charge in [-0.25, -0.2) is 17.8 Å². The first-order chi connectivity index (χ1) is 15.4. The predicted octanol–water partition coefficient (Wildman–Crippen LogP) is 2.06. The maximum absolute atomic E-state index is 13.9. The van der Waals surface area contributed by atoms with Gasteiger partial charge in [-0.1, -0.05) is 23.4 Å². The van der Waals surface area contributed by atoms with E-state index in [1.54, 1.807) is 24.3 Å². The van der Waals surface area contributed by atoms with Crippen molar-refractivity contribution in [3.05, 3.63) is 59.4 Å². The second-order valence-corrected chi connectivity index (χ2v) is 9.38. The van der Waals surface area contributed by atoms with Crippen LogP contribution in [0.3, 0.4) is 0 Å². The number of benzene rings is 2. The summed E-state index contributed by atoms with van der Waals surface area (Å²) >= 11 is 0. The quantitative estimate of drug-likeness (QED) is 0.507. The Kier molecular flexibility index (Phi) is 5.16. The van der Waals surface area contributed by atoms with Gasteiger partial charge in [0.25, 0.3) is 10.0 Å².